The van der Waals surface area contributed by atoms with Crippen LogP contribution < -0.4 is 14.8 Å². The number of esters is 2. The Kier molecular flexibility index (Phi) is 10.6. The molecule has 1 aliphatic rings. The molecule has 40 heavy (non-hydrogen) atoms. The van der Waals surface area contributed by atoms with Gasteiger partial charge >= 0.3 is 11.9 Å². The number of ether oxygens (including phenoxy) is 3. The minimum Gasteiger partial charge on any atom is -0.462 e. The number of carbonyl (C=O) groups excluding carboxylic acids is 2. The molecule has 0 spiro atoms. The van der Waals surface area contributed by atoms with Crippen LogP contribution in [0.5, 0.6) is 11.5 Å². The van der Waals surface area contributed by atoms with Gasteiger partial charge in [-0.2, -0.15) is 0 Å². The van der Waals surface area contributed by atoms with Gasteiger partial charge in [-0.1, -0.05) is 65.5 Å². The maximum absolute atomic E-state index is 13.2. The topological polar surface area (TPSA) is 73.9 Å². The van der Waals surface area contributed by atoms with E-state index in [4.69, 9.17) is 14.2 Å². The molecule has 218 valence electrons. The largest absolute Gasteiger partial charge is 0.462 e. The summed E-state index contributed by atoms with van der Waals surface area (Å²) < 4.78 is 17.5. The summed E-state index contributed by atoms with van der Waals surface area (Å²) in [5.41, 5.74) is 1.07. The van der Waals surface area contributed by atoms with Crippen molar-refractivity contribution in [2.45, 2.75) is 85.2 Å². The van der Waals surface area contributed by atoms with Crippen LogP contribution in [0.15, 0.2) is 60.9 Å². The molecule has 2 aromatic carbocycles. The van der Waals surface area contributed by atoms with Gasteiger partial charge in [0.25, 0.3) is 0 Å². The van der Waals surface area contributed by atoms with Crippen molar-refractivity contribution in [3.63, 3.8) is 0 Å². The number of allylic oxidation sites excluding steroid dienone is 1. The lowest BCUT2D eigenvalue weighted by Gasteiger charge is -2.37. The molecule has 0 bridgehead atoms. The maximum Gasteiger partial charge on any atom is 0.313 e. The van der Waals surface area contributed by atoms with Gasteiger partial charge in [-0.15, -0.1) is 0 Å². The molecular weight excluding hydrogens is 502 g/mol. The Morgan fingerprint density at radius 3 is 1.82 bits per heavy atom. The first-order chi connectivity index (χ1) is 18.8. The summed E-state index contributed by atoms with van der Waals surface area (Å²) in [7, 11) is 0. The molecule has 0 saturated carbocycles. The van der Waals surface area contributed by atoms with Crippen molar-refractivity contribution in [1.82, 2.24) is 5.32 Å². The fourth-order valence-electron chi connectivity index (χ4n) is 5.04. The minimum absolute atomic E-state index is 0.189. The summed E-state index contributed by atoms with van der Waals surface area (Å²) in [6, 6.07) is 15.5. The van der Waals surface area contributed by atoms with E-state index in [-0.39, 0.29) is 30.2 Å². The monoisotopic (exact) mass is 549 g/mol. The Bertz CT molecular complexity index is 1080. The lowest BCUT2D eigenvalue weighted by Crippen LogP contribution is -2.43. The summed E-state index contributed by atoms with van der Waals surface area (Å²) >= 11 is 0. The molecule has 1 N–H and O–H groups in total. The molecule has 0 aliphatic carbocycles. The summed E-state index contributed by atoms with van der Waals surface area (Å²) in [4.78, 5) is 25.2. The van der Waals surface area contributed by atoms with Gasteiger partial charge in [-0.05, 0) is 81.6 Å². The normalized spacial score (nSPS) is 15.9. The minimum atomic E-state index is -0.505. The van der Waals surface area contributed by atoms with E-state index in [1.807, 2.05) is 90.1 Å². The van der Waals surface area contributed by atoms with Gasteiger partial charge in [0.2, 0.25) is 0 Å². The molecule has 1 saturated heterocycles. The van der Waals surface area contributed by atoms with Crippen molar-refractivity contribution >= 4 is 11.9 Å². The van der Waals surface area contributed by atoms with Crippen LogP contribution in [-0.2, 0) is 19.7 Å². The third kappa shape index (κ3) is 8.20. The smallest absolute Gasteiger partial charge is 0.313 e. The SMILES string of the molecule is C=C(Oc1ccc(C(C)(CCC(=O)OC(C)(C)C2CCNCC2)c2ccc(OC(=O)C(C)C)cc2)cc1)C(C)C. The fraction of sp³-hybridized carbons (Fsp3) is 0.529. The van der Waals surface area contributed by atoms with Crippen molar-refractivity contribution < 1.29 is 23.8 Å². The van der Waals surface area contributed by atoms with Crippen LogP contribution in [0.4, 0.5) is 0 Å². The van der Waals surface area contributed by atoms with E-state index in [2.05, 4.69) is 18.8 Å². The predicted molar refractivity (Wildman–Crippen MR) is 159 cm³/mol. The predicted octanol–water partition coefficient (Wildman–Crippen LogP) is 7.20. The molecule has 6 nitrogen and oxygen atoms in total. The van der Waals surface area contributed by atoms with Gasteiger partial charge in [0, 0.05) is 23.7 Å². The zero-order chi connectivity index (χ0) is 29.5. The van der Waals surface area contributed by atoms with Crippen LogP contribution >= 0.6 is 0 Å². The second-order valence-electron chi connectivity index (χ2n) is 12.3. The summed E-state index contributed by atoms with van der Waals surface area (Å²) in [5.74, 6) is 1.83. The summed E-state index contributed by atoms with van der Waals surface area (Å²) in [6.07, 6.45) is 2.84. The molecule has 1 aliphatic heterocycles. The lowest BCUT2D eigenvalue weighted by atomic mass is 9.73. The van der Waals surface area contributed by atoms with E-state index in [9.17, 15) is 9.59 Å². The van der Waals surface area contributed by atoms with Gasteiger partial charge in [-0.25, -0.2) is 0 Å². The van der Waals surface area contributed by atoms with Gasteiger partial charge in [-0.3, -0.25) is 9.59 Å². The zero-order valence-electron chi connectivity index (χ0n) is 25.3. The van der Waals surface area contributed by atoms with E-state index < -0.39 is 11.0 Å². The van der Waals surface area contributed by atoms with Crippen molar-refractivity contribution in [3.8, 4) is 11.5 Å². The Morgan fingerprint density at radius 1 is 0.850 bits per heavy atom. The lowest BCUT2D eigenvalue weighted by molar-refractivity contribution is -0.163. The van der Waals surface area contributed by atoms with Crippen molar-refractivity contribution in [1.29, 1.82) is 0 Å². The standard InChI is InChI=1S/C34H47NO5/c1-23(2)25(5)38-29-13-9-27(10-14-29)34(8,28-11-15-30(16-12-28)39-32(37)24(3)4)20-17-31(36)40-33(6,7)26-18-21-35-22-19-26/h9-16,23-24,26,35H,5,17-22H2,1-4,6-8H3. The van der Waals surface area contributed by atoms with Gasteiger partial charge in [0.05, 0.1) is 11.7 Å². The highest BCUT2D eigenvalue weighted by molar-refractivity contribution is 5.74. The third-order valence-electron chi connectivity index (χ3n) is 8.09. The average molecular weight is 550 g/mol. The van der Waals surface area contributed by atoms with E-state index >= 15 is 0 Å². The second kappa shape index (κ2) is 13.5. The molecule has 0 aromatic heterocycles. The average Bonchev–Trinajstić information content (AvgIpc) is 2.92. The Labute approximate surface area is 240 Å². The first-order valence-corrected chi connectivity index (χ1v) is 14.5. The quantitative estimate of drug-likeness (QED) is 0.171. The number of rotatable bonds is 12. The second-order valence-corrected chi connectivity index (χ2v) is 12.3. The Hall–Kier alpha value is -3.12. The zero-order valence-corrected chi connectivity index (χ0v) is 25.3. The highest BCUT2D eigenvalue weighted by Crippen LogP contribution is 2.39. The molecule has 1 fully saturated rings. The maximum atomic E-state index is 13.2. The van der Waals surface area contributed by atoms with Crippen LogP contribution in [-0.4, -0.2) is 30.6 Å². The molecule has 0 radical (unpaired) electrons. The number of benzene rings is 2. The van der Waals surface area contributed by atoms with E-state index in [1.165, 1.54) is 0 Å². The molecule has 6 heteroatoms. The number of nitrogens with one attached hydrogen (secondary N) is 1. The van der Waals surface area contributed by atoms with Crippen LogP contribution in [0.25, 0.3) is 0 Å². The molecule has 1 heterocycles. The van der Waals surface area contributed by atoms with E-state index in [0.29, 0.717) is 23.8 Å². The Morgan fingerprint density at radius 2 is 1.35 bits per heavy atom. The number of hydrogen-bond donors (Lipinski definition) is 1. The highest BCUT2D eigenvalue weighted by Gasteiger charge is 2.35. The van der Waals surface area contributed by atoms with Crippen LogP contribution in [0.3, 0.4) is 0 Å². The summed E-state index contributed by atoms with van der Waals surface area (Å²) in [5, 5.41) is 3.38. The summed E-state index contributed by atoms with van der Waals surface area (Å²) in [6.45, 7) is 19.8. The first-order valence-electron chi connectivity index (χ1n) is 14.5. The fourth-order valence-corrected chi connectivity index (χ4v) is 5.04. The van der Waals surface area contributed by atoms with Crippen molar-refractivity contribution in [3.05, 3.63) is 72.0 Å². The van der Waals surface area contributed by atoms with Gasteiger partial charge in [0.15, 0.2) is 0 Å². The Balaban J connectivity index is 1.82. The molecule has 1 unspecified atom stereocenters. The molecule has 3 rings (SSSR count). The number of hydrogen-bond acceptors (Lipinski definition) is 6. The third-order valence-corrected chi connectivity index (χ3v) is 8.09. The molecule has 1 atom stereocenters. The van der Waals surface area contributed by atoms with Crippen LogP contribution in [0, 0.1) is 17.8 Å². The van der Waals surface area contributed by atoms with Gasteiger partial charge in [0.1, 0.15) is 17.1 Å². The first kappa shape index (κ1) is 31.4. The number of piperidine rings is 1. The van der Waals surface area contributed by atoms with E-state index in [0.717, 1.165) is 42.8 Å². The highest BCUT2D eigenvalue weighted by atomic mass is 16.6. The van der Waals surface area contributed by atoms with Crippen molar-refractivity contribution in [2.24, 2.45) is 17.8 Å². The van der Waals surface area contributed by atoms with Crippen LogP contribution in [0.2, 0.25) is 0 Å². The molecular formula is C34H47NO5. The van der Waals surface area contributed by atoms with Crippen molar-refractivity contribution in [2.75, 3.05) is 13.1 Å². The molecule has 2 aromatic rings. The molecule has 0 amide bonds. The van der Waals surface area contributed by atoms with E-state index in [1.54, 1.807) is 0 Å². The number of carbonyl (C=O) groups is 2. The van der Waals surface area contributed by atoms with Crippen LogP contribution in [0.1, 0.15) is 85.3 Å². The van der Waals surface area contributed by atoms with Gasteiger partial charge < -0.3 is 19.5 Å².